The SMILES string of the molecule is COc1ccc(Cl)cc1/C=C/C(=O)Nc1ccccc1CN1CC(C)OC(C)C1. The van der Waals surface area contributed by atoms with E-state index in [1.807, 2.05) is 24.3 Å². The first-order valence-electron chi connectivity index (χ1n) is 9.73. The standard InChI is InChI=1S/C23H27ClN2O3/c1-16-13-26(14-17(2)29-16)15-19-6-4-5-7-21(19)25-23(27)11-8-18-12-20(24)9-10-22(18)28-3/h4-12,16-17H,13-15H2,1-3H3,(H,25,27)/b11-8+. The van der Waals surface area contributed by atoms with Crippen molar-refractivity contribution in [2.45, 2.75) is 32.6 Å². The lowest BCUT2D eigenvalue weighted by Gasteiger charge is -2.35. The molecule has 6 heteroatoms. The zero-order chi connectivity index (χ0) is 20.8. The number of carbonyl (C=O) groups is 1. The molecular formula is C23H27ClN2O3. The maximum absolute atomic E-state index is 12.5. The number of amides is 1. The Bertz CT molecular complexity index is 874. The minimum atomic E-state index is -0.205. The van der Waals surface area contributed by atoms with Crippen molar-refractivity contribution in [2.75, 3.05) is 25.5 Å². The minimum Gasteiger partial charge on any atom is -0.496 e. The molecule has 1 aliphatic rings. The van der Waals surface area contributed by atoms with Gasteiger partial charge in [0.1, 0.15) is 5.75 Å². The molecular weight excluding hydrogens is 388 g/mol. The van der Waals surface area contributed by atoms with E-state index in [2.05, 4.69) is 24.1 Å². The Morgan fingerprint density at radius 3 is 2.69 bits per heavy atom. The summed E-state index contributed by atoms with van der Waals surface area (Å²) in [6.45, 7) is 6.69. The summed E-state index contributed by atoms with van der Waals surface area (Å²) in [6, 6.07) is 13.2. The lowest BCUT2D eigenvalue weighted by atomic mass is 10.1. The van der Waals surface area contributed by atoms with Crippen LogP contribution in [0.3, 0.4) is 0 Å². The molecule has 1 fully saturated rings. The van der Waals surface area contributed by atoms with Gasteiger partial charge >= 0.3 is 0 Å². The number of para-hydroxylation sites is 1. The maximum Gasteiger partial charge on any atom is 0.248 e. The largest absolute Gasteiger partial charge is 0.496 e. The quantitative estimate of drug-likeness (QED) is 0.701. The van der Waals surface area contributed by atoms with Crippen molar-refractivity contribution >= 4 is 29.3 Å². The summed E-state index contributed by atoms with van der Waals surface area (Å²) in [5.74, 6) is 0.456. The van der Waals surface area contributed by atoms with E-state index < -0.39 is 0 Å². The number of rotatable bonds is 6. The van der Waals surface area contributed by atoms with Crippen molar-refractivity contribution in [3.63, 3.8) is 0 Å². The van der Waals surface area contributed by atoms with Crippen LogP contribution in [-0.4, -0.2) is 43.2 Å². The third kappa shape index (κ3) is 6.07. The Labute approximate surface area is 177 Å². The smallest absolute Gasteiger partial charge is 0.248 e. The van der Waals surface area contributed by atoms with Crippen molar-refractivity contribution in [3.8, 4) is 5.75 Å². The topological polar surface area (TPSA) is 50.8 Å². The third-order valence-electron chi connectivity index (χ3n) is 4.77. The lowest BCUT2D eigenvalue weighted by molar-refractivity contribution is -0.111. The molecule has 0 bridgehead atoms. The van der Waals surface area contributed by atoms with E-state index in [9.17, 15) is 4.79 Å². The van der Waals surface area contributed by atoms with Crippen molar-refractivity contribution in [3.05, 3.63) is 64.7 Å². The number of carbonyl (C=O) groups excluding carboxylic acids is 1. The maximum atomic E-state index is 12.5. The minimum absolute atomic E-state index is 0.205. The molecule has 2 unspecified atom stereocenters. The van der Waals surface area contributed by atoms with Crippen LogP contribution in [0, 0.1) is 0 Å². The van der Waals surface area contributed by atoms with E-state index in [0.717, 1.165) is 36.4 Å². The summed E-state index contributed by atoms with van der Waals surface area (Å²) in [6.07, 6.45) is 3.60. The van der Waals surface area contributed by atoms with Gasteiger partial charge in [-0.15, -0.1) is 0 Å². The number of ether oxygens (including phenoxy) is 2. The third-order valence-corrected chi connectivity index (χ3v) is 5.01. The Morgan fingerprint density at radius 2 is 1.97 bits per heavy atom. The van der Waals surface area contributed by atoms with Crippen LogP contribution in [0.25, 0.3) is 6.08 Å². The van der Waals surface area contributed by atoms with Gasteiger partial charge in [-0.05, 0) is 49.8 Å². The molecule has 2 aromatic carbocycles. The summed E-state index contributed by atoms with van der Waals surface area (Å²) in [5.41, 5.74) is 2.64. The molecule has 154 valence electrons. The second kappa shape index (κ2) is 9.92. The molecule has 1 amide bonds. The number of hydrogen-bond acceptors (Lipinski definition) is 4. The number of nitrogens with zero attached hydrogens (tertiary/aromatic N) is 1. The van der Waals surface area contributed by atoms with Gasteiger partial charge in [0.25, 0.3) is 0 Å². The molecule has 0 saturated carbocycles. The van der Waals surface area contributed by atoms with Crippen LogP contribution >= 0.6 is 11.6 Å². The number of benzene rings is 2. The van der Waals surface area contributed by atoms with Gasteiger partial charge in [0.2, 0.25) is 5.91 Å². The molecule has 2 atom stereocenters. The van der Waals surface area contributed by atoms with Gasteiger partial charge in [-0.3, -0.25) is 9.69 Å². The number of methoxy groups -OCH3 is 1. The first-order valence-corrected chi connectivity index (χ1v) is 10.1. The van der Waals surface area contributed by atoms with Crippen LogP contribution in [0.4, 0.5) is 5.69 Å². The number of halogens is 1. The van der Waals surface area contributed by atoms with Crippen molar-refractivity contribution in [1.82, 2.24) is 4.90 Å². The highest BCUT2D eigenvalue weighted by molar-refractivity contribution is 6.30. The Morgan fingerprint density at radius 1 is 1.24 bits per heavy atom. The van der Waals surface area contributed by atoms with E-state index in [4.69, 9.17) is 21.1 Å². The fourth-order valence-corrected chi connectivity index (χ4v) is 3.79. The highest BCUT2D eigenvalue weighted by Gasteiger charge is 2.22. The molecule has 5 nitrogen and oxygen atoms in total. The molecule has 3 rings (SSSR count). The summed E-state index contributed by atoms with van der Waals surface area (Å²) in [4.78, 5) is 14.9. The first-order chi connectivity index (χ1) is 13.9. The van der Waals surface area contributed by atoms with Gasteiger partial charge in [0, 0.05) is 42.0 Å². The van der Waals surface area contributed by atoms with Crippen LogP contribution in [0.1, 0.15) is 25.0 Å². The molecule has 2 aromatic rings. The van der Waals surface area contributed by atoms with Crippen molar-refractivity contribution < 1.29 is 14.3 Å². The summed E-state index contributed by atoms with van der Waals surface area (Å²) in [5, 5.41) is 3.58. The van der Waals surface area contributed by atoms with Crippen molar-refractivity contribution in [1.29, 1.82) is 0 Å². The van der Waals surface area contributed by atoms with Gasteiger partial charge in [-0.2, -0.15) is 0 Å². The second-order valence-corrected chi connectivity index (χ2v) is 7.75. The number of nitrogens with one attached hydrogen (secondary N) is 1. The molecule has 1 saturated heterocycles. The normalized spacial score (nSPS) is 20.0. The van der Waals surface area contributed by atoms with E-state index in [0.29, 0.717) is 10.8 Å². The fraction of sp³-hybridized carbons (Fsp3) is 0.348. The average Bonchev–Trinajstić information content (AvgIpc) is 2.67. The zero-order valence-corrected chi connectivity index (χ0v) is 17.8. The highest BCUT2D eigenvalue weighted by Crippen LogP contribution is 2.24. The van der Waals surface area contributed by atoms with Crippen LogP contribution in [0.15, 0.2) is 48.5 Å². The Kier molecular flexibility index (Phi) is 7.31. The zero-order valence-electron chi connectivity index (χ0n) is 17.0. The van der Waals surface area contributed by atoms with Gasteiger partial charge in [0.15, 0.2) is 0 Å². The van der Waals surface area contributed by atoms with E-state index in [1.165, 1.54) is 6.08 Å². The summed E-state index contributed by atoms with van der Waals surface area (Å²) in [7, 11) is 1.59. The number of hydrogen-bond donors (Lipinski definition) is 1. The number of anilines is 1. The van der Waals surface area contributed by atoms with Gasteiger partial charge in [-0.1, -0.05) is 29.8 Å². The Balaban J connectivity index is 1.69. The van der Waals surface area contributed by atoms with Crippen molar-refractivity contribution in [2.24, 2.45) is 0 Å². The molecule has 1 N–H and O–H groups in total. The first kappa shape index (κ1) is 21.4. The van der Waals surface area contributed by atoms with E-state index in [1.54, 1.807) is 31.4 Å². The van der Waals surface area contributed by atoms with Crippen LogP contribution in [0.2, 0.25) is 5.02 Å². The highest BCUT2D eigenvalue weighted by atomic mass is 35.5. The molecule has 0 aromatic heterocycles. The van der Waals surface area contributed by atoms with Gasteiger partial charge in [-0.25, -0.2) is 0 Å². The molecule has 1 heterocycles. The molecule has 0 aliphatic carbocycles. The van der Waals surface area contributed by atoms with E-state index >= 15 is 0 Å². The number of morpholine rings is 1. The van der Waals surface area contributed by atoms with Crippen LogP contribution in [0.5, 0.6) is 5.75 Å². The molecule has 29 heavy (non-hydrogen) atoms. The van der Waals surface area contributed by atoms with Gasteiger partial charge in [0.05, 0.1) is 19.3 Å². The van der Waals surface area contributed by atoms with Gasteiger partial charge < -0.3 is 14.8 Å². The lowest BCUT2D eigenvalue weighted by Crippen LogP contribution is -2.44. The predicted molar refractivity (Wildman–Crippen MR) is 117 cm³/mol. The fourth-order valence-electron chi connectivity index (χ4n) is 3.61. The summed E-state index contributed by atoms with van der Waals surface area (Å²) >= 11 is 6.05. The predicted octanol–water partition coefficient (Wildman–Crippen LogP) is 4.61. The monoisotopic (exact) mass is 414 g/mol. The molecule has 0 spiro atoms. The second-order valence-electron chi connectivity index (χ2n) is 7.32. The average molecular weight is 415 g/mol. The summed E-state index contributed by atoms with van der Waals surface area (Å²) < 4.78 is 11.1. The van der Waals surface area contributed by atoms with Crippen LogP contribution < -0.4 is 10.1 Å². The van der Waals surface area contributed by atoms with E-state index in [-0.39, 0.29) is 18.1 Å². The van der Waals surface area contributed by atoms with Crippen LogP contribution in [-0.2, 0) is 16.1 Å². The Hall–Kier alpha value is -2.34. The molecule has 0 radical (unpaired) electrons. The molecule has 1 aliphatic heterocycles.